The Hall–Kier alpha value is -1.82. The summed E-state index contributed by atoms with van der Waals surface area (Å²) >= 11 is 0. The average molecular weight is 303 g/mol. The van der Waals surface area contributed by atoms with Crippen LogP contribution in [0.25, 0.3) is 0 Å². The highest BCUT2D eigenvalue weighted by atomic mass is 16.5. The van der Waals surface area contributed by atoms with Crippen molar-refractivity contribution in [3.05, 3.63) is 29.8 Å². The van der Waals surface area contributed by atoms with Crippen LogP contribution in [-0.2, 0) is 23.2 Å². The first-order chi connectivity index (χ1) is 10.5. The molecule has 3 rings (SSSR count). The summed E-state index contributed by atoms with van der Waals surface area (Å²) in [7, 11) is 0. The molecular formula is C16H25N5O. The van der Waals surface area contributed by atoms with Gasteiger partial charge >= 0.3 is 0 Å². The van der Waals surface area contributed by atoms with Crippen LogP contribution in [-0.4, -0.2) is 32.7 Å². The molecule has 2 N–H and O–H groups in total. The molecule has 0 spiro atoms. The summed E-state index contributed by atoms with van der Waals surface area (Å²) in [6.07, 6.45) is 8.41. The second kappa shape index (κ2) is 6.12. The van der Waals surface area contributed by atoms with Crippen molar-refractivity contribution in [1.29, 1.82) is 0 Å². The van der Waals surface area contributed by atoms with Crippen molar-refractivity contribution in [3.8, 4) is 0 Å². The highest BCUT2D eigenvalue weighted by Crippen LogP contribution is 2.24. The molecule has 1 aliphatic rings. The molecule has 0 aliphatic carbocycles. The Kier molecular flexibility index (Phi) is 4.20. The van der Waals surface area contributed by atoms with E-state index < -0.39 is 0 Å². The molecule has 0 bridgehead atoms. The van der Waals surface area contributed by atoms with E-state index in [0.29, 0.717) is 6.10 Å². The molecule has 6 nitrogen and oxygen atoms in total. The molecule has 0 aromatic carbocycles. The average Bonchev–Trinajstić information content (AvgIpc) is 3.17. The maximum absolute atomic E-state index is 5.64. The number of anilines is 1. The lowest BCUT2D eigenvalue weighted by Crippen LogP contribution is -2.16. The molecule has 1 fully saturated rings. The molecule has 3 heterocycles. The van der Waals surface area contributed by atoms with Crippen LogP contribution >= 0.6 is 0 Å². The van der Waals surface area contributed by atoms with Crippen LogP contribution in [0.4, 0.5) is 5.69 Å². The van der Waals surface area contributed by atoms with E-state index in [9.17, 15) is 0 Å². The number of hydrogen-bond donors (Lipinski definition) is 2. The molecule has 0 unspecified atom stereocenters. The summed E-state index contributed by atoms with van der Waals surface area (Å²) < 4.78 is 7.60. The van der Waals surface area contributed by atoms with Crippen molar-refractivity contribution in [3.63, 3.8) is 0 Å². The normalized spacial score (nSPS) is 18.8. The number of H-pyrrole nitrogens is 1. The molecule has 1 saturated heterocycles. The molecule has 6 heteroatoms. The van der Waals surface area contributed by atoms with Gasteiger partial charge in [-0.15, -0.1) is 0 Å². The number of ether oxygens (including phenoxy) is 1. The predicted octanol–water partition coefficient (Wildman–Crippen LogP) is 2.69. The van der Waals surface area contributed by atoms with Gasteiger partial charge in [0.15, 0.2) is 0 Å². The second-order valence-electron chi connectivity index (χ2n) is 6.96. The number of nitrogens with one attached hydrogen (secondary N) is 2. The van der Waals surface area contributed by atoms with Gasteiger partial charge in [-0.1, -0.05) is 20.8 Å². The largest absolute Gasteiger partial charge is 0.378 e. The maximum Gasteiger partial charge on any atom is 0.0771 e. The topological polar surface area (TPSA) is 67.8 Å². The minimum Gasteiger partial charge on any atom is -0.378 e. The van der Waals surface area contributed by atoms with Crippen molar-refractivity contribution >= 4 is 5.69 Å². The highest BCUT2D eigenvalue weighted by Gasteiger charge is 2.20. The Labute approximate surface area is 131 Å². The number of hydrogen-bond acceptors (Lipinski definition) is 4. The predicted molar refractivity (Wildman–Crippen MR) is 85.8 cm³/mol. The Morgan fingerprint density at radius 1 is 1.41 bits per heavy atom. The van der Waals surface area contributed by atoms with E-state index in [2.05, 4.69) is 41.4 Å². The van der Waals surface area contributed by atoms with E-state index in [-0.39, 0.29) is 5.41 Å². The lowest BCUT2D eigenvalue weighted by atomic mass is 9.89. The third-order valence-corrected chi connectivity index (χ3v) is 4.00. The molecule has 0 saturated carbocycles. The molecule has 120 valence electrons. The number of rotatable bonds is 5. The van der Waals surface area contributed by atoms with E-state index in [0.717, 1.165) is 38.2 Å². The van der Waals surface area contributed by atoms with Crippen LogP contribution in [0.15, 0.2) is 18.6 Å². The van der Waals surface area contributed by atoms with Crippen LogP contribution in [0.2, 0.25) is 0 Å². The van der Waals surface area contributed by atoms with Crippen LogP contribution in [0.5, 0.6) is 0 Å². The first kappa shape index (κ1) is 15.1. The summed E-state index contributed by atoms with van der Waals surface area (Å²) in [5.74, 6) is 0. The Bertz CT molecular complexity index is 604. The molecule has 22 heavy (non-hydrogen) atoms. The minimum atomic E-state index is 0.0670. The van der Waals surface area contributed by atoms with Crippen LogP contribution in [0.1, 0.15) is 44.9 Å². The first-order valence-electron chi connectivity index (χ1n) is 7.93. The van der Waals surface area contributed by atoms with Gasteiger partial charge in [0.1, 0.15) is 0 Å². The molecular weight excluding hydrogens is 278 g/mol. The van der Waals surface area contributed by atoms with Gasteiger partial charge in [-0.3, -0.25) is 9.78 Å². The zero-order valence-corrected chi connectivity index (χ0v) is 13.6. The minimum absolute atomic E-state index is 0.0670. The van der Waals surface area contributed by atoms with Gasteiger partial charge in [0, 0.05) is 36.0 Å². The van der Waals surface area contributed by atoms with Gasteiger partial charge in [-0.05, 0) is 12.8 Å². The van der Waals surface area contributed by atoms with E-state index >= 15 is 0 Å². The van der Waals surface area contributed by atoms with E-state index in [1.165, 1.54) is 11.3 Å². The van der Waals surface area contributed by atoms with Crippen LogP contribution < -0.4 is 5.32 Å². The van der Waals surface area contributed by atoms with Gasteiger partial charge in [-0.25, -0.2) is 0 Å². The second-order valence-corrected chi connectivity index (χ2v) is 6.96. The van der Waals surface area contributed by atoms with Crippen molar-refractivity contribution in [2.45, 2.75) is 58.2 Å². The molecule has 2 aromatic heterocycles. The quantitative estimate of drug-likeness (QED) is 0.891. The molecule has 0 radical (unpaired) electrons. The van der Waals surface area contributed by atoms with Gasteiger partial charge in [0.2, 0.25) is 0 Å². The maximum atomic E-state index is 5.64. The van der Waals surface area contributed by atoms with Crippen molar-refractivity contribution in [1.82, 2.24) is 20.0 Å². The monoisotopic (exact) mass is 303 g/mol. The summed E-state index contributed by atoms with van der Waals surface area (Å²) in [6.45, 7) is 9.01. The summed E-state index contributed by atoms with van der Waals surface area (Å²) in [5, 5.41) is 15.1. The SMILES string of the molecule is CC(C)(C)c1[nH]ncc1CNc1cnn(C[C@H]2CCCO2)c1. The van der Waals surface area contributed by atoms with Crippen LogP contribution in [0, 0.1) is 0 Å². The third-order valence-electron chi connectivity index (χ3n) is 4.00. The van der Waals surface area contributed by atoms with Crippen molar-refractivity contribution < 1.29 is 4.74 Å². The van der Waals surface area contributed by atoms with E-state index in [1.807, 2.05) is 23.3 Å². The number of nitrogens with zero attached hydrogens (tertiary/aromatic N) is 3. The van der Waals surface area contributed by atoms with E-state index in [4.69, 9.17) is 4.74 Å². The van der Waals surface area contributed by atoms with Crippen molar-refractivity contribution in [2.75, 3.05) is 11.9 Å². The smallest absolute Gasteiger partial charge is 0.0771 e. The first-order valence-corrected chi connectivity index (χ1v) is 7.93. The van der Waals surface area contributed by atoms with Crippen molar-refractivity contribution in [2.24, 2.45) is 0 Å². The van der Waals surface area contributed by atoms with Gasteiger partial charge in [-0.2, -0.15) is 10.2 Å². The molecule has 0 amide bonds. The standard InChI is InChI=1S/C16H25N5O/c1-16(2,3)15-12(8-18-20-15)7-17-13-9-19-21(10-13)11-14-5-4-6-22-14/h8-10,14,17H,4-7,11H2,1-3H3,(H,18,20)/t14-/m1/s1. The zero-order valence-electron chi connectivity index (χ0n) is 13.6. The number of aromatic amines is 1. The summed E-state index contributed by atoms with van der Waals surface area (Å²) in [4.78, 5) is 0. The molecule has 2 aromatic rings. The van der Waals surface area contributed by atoms with Crippen LogP contribution in [0.3, 0.4) is 0 Å². The van der Waals surface area contributed by atoms with Gasteiger partial charge in [0.25, 0.3) is 0 Å². The van der Waals surface area contributed by atoms with Gasteiger partial charge < -0.3 is 10.1 Å². The Morgan fingerprint density at radius 3 is 3.00 bits per heavy atom. The summed E-state index contributed by atoms with van der Waals surface area (Å²) in [6, 6.07) is 0. The third kappa shape index (κ3) is 3.50. The fraction of sp³-hybridized carbons (Fsp3) is 0.625. The fourth-order valence-electron chi connectivity index (χ4n) is 2.84. The molecule has 1 atom stereocenters. The molecule has 1 aliphatic heterocycles. The Balaban J connectivity index is 1.58. The fourth-order valence-corrected chi connectivity index (χ4v) is 2.84. The van der Waals surface area contributed by atoms with E-state index in [1.54, 1.807) is 0 Å². The lowest BCUT2D eigenvalue weighted by molar-refractivity contribution is 0.0940. The Morgan fingerprint density at radius 2 is 2.27 bits per heavy atom. The zero-order chi connectivity index (χ0) is 15.6. The number of aromatic nitrogens is 4. The lowest BCUT2D eigenvalue weighted by Gasteiger charge is -2.18. The van der Waals surface area contributed by atoms with Gasteiger partial charge in [0.05, 0.1) is 30.7 Å². The summed E-state index contributed by atoms with van der Waals surface area (Å²) in [5.41, 5.74) is 3.46. The highest BCUT2D eigenvalue weighted by molar-refractivity contribution is 5.40.